The Morgan fingerprint density at radius 3 is 2.68 bits per heavy atom. The van der Waals surface area contributed by atoms with Crippen molar-refractivity contribution in [2.24, 2.45) is 5.92 Å². The Hall–Kier alpha value is -0.610. The number of aromatic nitrogens is 1. The van der Waals surface area contributed by atoms with Crippen LogP contribution in [0.4, 0.5) is 5.13 Å². The molecular weight excluding hydrogens is 254 g/mol. The van der Waals surface area contributed by atoms with E-state index in [2.05, 4.69) is 31.0 Å². The molecule has 1 fully saturated rings. The van der Waals surface area contributed by atoms with Crippen molar-refractivity contribution in [1.29, 1.82) is 0 Å². The summed E-state index contributed by atoms with van der Waals surface area (Å²) in [6.07, 6.45) is 4.94. The molecule has 0 aliphatic carbocycles. The quantitative estimate of drug-likeness (QED) is 0.776. The molecule has 1 aromatic rings. The minimum atomic E-state index is 0.679. The lowest BCUT2D eigenvalue weighted by Crippen LogP contribution is -2.17. The van der Waals surface area contributed by atoms with Crippen LogP contribution in [-0.4, -0.2) is 24.6 Å². The van der Waals surface area contributed by atoms with Crippen LogP contribution in [0, 0.1) is 5.92 Å². The van der Waals surface area contributed by atoms with E-state index < -0.39 is 0 Å². The number of hydrogen-bond donors (Lipinski definition) is 1. The molecule has 0 radical (unpaired) electrons. The monoisotopic (exact) mass is 281 g/mol. The molecule has 0 spiro atoms. The summed E-state index contributed by atoms with van der Waals surface area (Å²) in [5.74, 6) is 0.679. The molecule has 0 unspecified atom stereocenters. The highest BCUT2D eigenvalue weighted by Crippen LogP contribution is 2.30. The summed E-state index contributed by atoms with van der Waals surface area (Å²) in [6.45, 7) is 11.2. The van der Waals surface area contributed by atoms with Gasteiger partial charge in [-0.1, -0.05) is 20.8 Å². The van der Waals surface area contributed by atoms with E-state index in [0.717, 1.165) is 19.5 Å². The number of anilines is 1. The lowest BCUT2D eigenvalue weighted by molar-refractivity contribution is 0.622. The van der Waals surface area contributed by atoms with E-state index in [1.165, 1.54) is 48.1 Å². The van der Waals surface area contributed by atoms with E-state index in [-0.39, 0.29) is 0 Å². The number of nitrogens with zero attached hydrogens (tertiary/aromatic N) is 2. The molecule has 2 heterocycles. The molecule has 1 aromatic heterocycles. The van der Waals surface area contributed by atoms with Crippen molar-refractivity contribution in [1.82, 2.24) is 10.3 Å². The maximum atomic E-state index is 4.92. The first kappa shape index (κ1) is 14.8. The fourth-order valence-corrected chi connectivity index (χ4v) is 3.59. The summed E-state index contributed by atoms with van der Waals surface area (Å²) in [5.41, 5.74) is 1.32. The van der Waals surface area contributed by atoms with E-state index in [9.17, 15) is 0 Å². The molecule has 1 N–H and O–H groups in total. The lowest BCUT2D eigenvalue weighted by Gasteiger charge is -2.12. The van der Waals surface area contributed by atoms with Gasteiger partial charge < -0.3 is 10.2 Å². The van der Waals surface area contributed by atoms with Gasteiger partial charge in [0, 0.05) is 24.5 Å². The zero-order valence-corrected chi connectivity index (χ0v) is 13.4. The average molecular weight is 281 g/mol. The summed E-state index contributed by atoms with van der Waals surface area (Å²) in [6, 6.07) is 0. The highest BCUT2D eigenvalue weighted by atomic mass is 32.1. The summed E-state index contributed by atoms with van der Waals surface area (Å²) in [7, 11) is 0. The van der Waals surface area contributed by atoms with Gasteiger partial charge in [0.1, 0.15) is 0 Å². The first-order chi connectivity index (χ1) is 9.20. The van der Waals surface area contributed by atoms with Crippen LogP contribution in [0.1, 0.15) is 50.6 Å². The zero-order valence-electron chi connectivity index (χ0n) is 12.5. The van der Waals surface area contributed by atoms with Crippen molar-refractivity contribution in [3.05, 3.63) is 10.6 Å². The Morgan fingerprint density at radius 2 is 2.05 bits per heavy atom. The Balaban J connectivity index is 2.08. The van der Waals surface area contributed by atoms with Crippen LogP contribution in [0.2, 0.25) is 0 Å². The van der Waals surface area contributed by atoms with Gasteiger partial charge in [-0.05, 0) is 38.1 Å². The van der Waals surface area contributed by atoms with Crippen LogP contribution in [0.3, 0.4) is 0 Å². The summed E-state index contributed by atoms with van der Waals surface area (Å²) in [4.78, 5) is 8.82. The first-order valence-corrected chi connectivity index (χ1v) is 8.46. The molecule has 0 bridgehead atoms. The van der Waals surface area contributed by atoms with Gasteiger partial charge in [-0.3, -0.25) is 0 Å². The van der Waals surface area contributed by atoms with Gasteiger partial charge in [-0.15, -0.1) is 11.3 Å². The van der Waals surface area contributed by atoms with Crippen LogP contribution >= 0.6 is 11.3 Å². The minimum Gasteiger partial charge on any atom is -0.348 e. The molecule has 2 rings (SSSR count). The second kappa shape index (κ2) is 7.25. The summed E-state index contributed by atoms with van der Waals surface area (Å²) >= 11 is 1.90. The van der Waals surface area contributed by atoms with Gasteiger partial charge in [0.25, 0.3) is 0 Å². The third-order valence-electron chi connectivity index (χ3n) is 3.46. The maximum Gasteiger partial charge on any atom is 0.185 e. The van der Waals surface area contributed by atoms with Crippen LogP contribution in [0.25, 0.3) is 0 Å². The van der Waals surface area contributed by atoms with E-state index in [1.54, 1.807) is 0 Å². The molecule has 108 valence electrons. The van der Waals surface area contributed by atoms with Crippen molar-refractivity contribution < 1.29 is 0 Å². The van der Waals surface area contributed by atoms with E-state index in [1.807, 2.05) is 11.3 Å². The molecular formula is C15H27N3S. The van der Waals surface area contributed by atoms with Crippen molar-refractivity contribution in [3.8, 4) is 0 Å². The molecule has 0 aromatic carbocycles. The molecule has 0 amide bonds. The van der Waals surface area contributed by atoms with Gasteiger partial charge in [0.05, 0.1) is 5.69 Å². The van der Waals surface area contributed by atoms with Gasteiger partial charge in [0.15, 0.2) is 5.13 Å². The molecule has 1 saturated heterocycles. The maximum absolute atomic E-state index is 4.92. The molecule has 3 nitrogen and oxygen atoms in total. The van der Waals surface area contributed by atoms with E-state index >= 15 is 0 Å². The Morgan fingerprint density at radius 1 is 1.32 bits per heavy atom. The zero-order chi connectivity index (χ0) is 13.7. The molecule has 19 heavy (non-hydrogen) atoms. The molecule has 0 saturated carbocycles. The normalized spacial score (nSPS) is 15.7. The van der Waals surface area contributed by atoms with E-state index in [0.29, 0.717) is 5.92 Å². The van der Waals surface area contributed by atoms with Crippen LogP contribution < -0.4 is 10.2 Å². The molecule has 1 aliphatic heterocycles. The topological polar surface area (TPSA) is 28.2 Å². The average Bonchev–Trinajstić information content (AvgIpc) is 2.98. The first-order valence-electron chi connectivity index (χ1n) is 7.65. The fourth-order valence-electron chi connectivity index (χ4n) is 2.48. The van der Waals surface area contributed by atoms with Gasteiger partial charge >= 0.3 is 0 Å². The highest BCUT2D eigenvalue weighted by molar-refractivity contribution is 7.15. The van der Waals surface area contributed by atoms with Crippen LogP contribution in [0.15, 0.2) is 0 Å². The van der Waals surface area contributed by atoms with Crippen molar-refractivity contribution in [2.45, 2.75) is 53.0 Å². The molecule has 1 aliphatic rings. The lowest BCUT2D eigenvalue weighted by atomic mass is 10.1. The second-order valence-electron chi connectivity index (χ2n) is 5.84. The smallest absolute Gasteiger partial charge is 0.185 e. The summed E-state index contributed by atoms with van der Waals surface area (Å²) < 4.78 is 0. The SMILES string of the molecule is CCCNCc1sc(N2CCCC2)nc1CC(C)C. The van der Waals surface area contributed by atoms with Gasteiger partial charge in [-0.25, -0.2) is 4.98 Å². The van der Waals surface area contributed by atoms with Gasteiger partial charge in [0.2, 0.25) is 0 Å². The summed E-state index contributed by atoms with van der Waals surface area (Å²) in [5, 5.41) is 4.77. The third kappa shape index (κ3) is 4.18. The molecule has 4 heteroatoms. The Labute approximate surface area is 121 Å². The number of thiazole rings is 1. The second-order valence-corrected chi connectivity index (χ2v) is 6.90. The van der Waals surface area contributed by atoms with Crippen LogP contribution in [-0.2, 0) is 13.0 Å². The fraction of sp³-hybridized carbons (Fsp3) is 0.800. The minimum absolute atomic E-state index is 0.679. The van der Waals surface area contributed by atoms with Crippen molar-refractivity contribution in [2.75, 3.05) is 24.5 Å². The Bertz CT molecular complexity index is 381. The molecule has 0 atom stereocenters. The number of nitrogens with one attached hydrogen (secondary N) is 1. The number of rotatable bonds is 7. The van der Waals surface area contributed by atoms with Gasteiger partial charge in [-0.2, -0.15) is 0 Å². The highest BCUT2D eigenvalue weighted by Gasteiger charge is 2.19. The third-order valence-corrected chi connectivity index (χ3v) is 4.62. The Kier molecular flexibility index (Phi) is 5.64. The number of hydrogen-bond acceptors (Lipinski definition) is 4. The predicted molar refractivity (Wildman–Crippen MR) is 84.1 cm³/mol. The van der Waals surface area contributed by atoms with E-state index in [4.69, 9.17) is 4.98 Å². The standard InChI is InChI=1S/C15H27N3S/c1-4-7-16-11-14-13(10-12(2)3)17-15(19-14)18-8-5-6-9-18/h12,16H,4-11H2,1-3H3. The van der Waals surface area contributed by atoms with Crippen molar-refractivity contribution in [3.63, 3.8) is 0 Å². The van der Waals surface area contributed by atoms with Crippen LogP contribution in [0.5, 0.6) is 0 Å². The van der Waals surface area contributed by atoms with Crippen molar-refractivity contribution >= 4 is 16.5 Å². The largest absolute Gasteiger partial charge is 0.348 e. The predicted octanol–water partition coefficient (Wildman–Crippen LogP) is 3.44.